The van der Waals surface area contributed by atoms with E-state index in [0.29, 0.717) is 42.3 Å². The van der Waals surface area contributed by atoms with Gasteiger partial charge in [-0.1, -0.05) is 26.8 Å². The number of alkyl halides is 1. The fraction of sp³-hybridized carbons (Fsp3) is 0.447. The topological polar surface area (TPSA) is 118 Å². The van der Waals surface area contributed by atoms with Gasteiger partial charge in [-0.15, -0.1) is 0 Å². The summed E-state index contributed by atoms with van der Waals surface area (Å²) >= 11 is 0. The molecule has 2 N–H and O–H groups in total. The highest BCUT2D eigenvalue weighted by atomic mass is 19.1. The lowest BCUT2D eigenvalue weighted by atomic mass is 9.94. The summed E-state index contributed by atoms with van der Waals surface area (Å²) in [7, 11) is 0. The van der Waals surface area contributed by atoms with Gasteiger partial charge in [-0.05, 0) is 84.7 Å². The number of benzene rings is 2. The van der Waals surface area contributed by atoms with Crippen LogP contribution >= 0.6 is 0 Å². The van der Waals surface area contributed by atoms with E-state index in [0.717, 1.165) is 25.1 Å². The van der Waals surface area contributed by atoms with Crippen LogP contribution in [0.5, 0.6) is 11.8 Å². The number of anilines is 1. The Labute approximate surface area is 293 Å². The number of hydrogen-bond acceptors (Lipinski definition) is 9. The van der Waals surface area contributed by atoms with Crippen molar-refractivity contribution in [2.75, 3.05) is 31.6 Å². The number of rotatable bonds is 9. The summed E-state index contributed by atoms with van der Waals surface area (Å²) < 4.78 is 54.0. The summed E-state index contributed by atoms with van der Waals surface area (Å²) in [6.45, 7) is 9.31. The van der Waals surface area contributed by atoms with Crippen molar-refractivity contribution in [1.29, 1.82) is 0 Å². The van der Waals surface area contributed by atoms with E-state index in [9.17, 15) is 14.3 Å². The van der Waals surface area contributed by atoms with E-state index in [1.54, 1.807) is 18.3 Å². The van der Waals surface area contributed by atoms with Gasteiger partial charge < -0.3 is 15.2 Å². The second-order valence-electron chi connectivity index (χ2n) is 14.9. The van der Waals surface area contributed by atoms with Gasteiger partial charge in [-0.2, -0.15) is 15.1 Å². The zero-order valence-electron chi connectivity index (χ0n) is 29.0. The maximum absolute atomic E-state index is 16.9. The molecule has 3 fully saturated rings. The first-order valence-electron chi connectivity index (χ1n) is 17.5. The van der Waals surface area contributed by atoms with E-state index >= 15 is 8.78 Å². The van der Waals surface area contributed by atoms with Crippen molar-refractivity contribution < 1.29 is 27.8 Å². The maximum Gasteiger partial charge on any atom is 0.319 e. The Hall–Kier alpha value is -4.78. The second kappa shape index (κ2) is 12.2. The van der Waals surface area contributed by atoms with Crippen LogP contribution in [0, 0.1) is 35.8 Å². The monoisotopic (exact) mass is 699 g/mol. The van der Waals surface area contributed by atoms with Gasteiger partial charge >= 0.3 is 6.01 Å². The largest absolute Gasteiger partial charge is 0.508 e. The van der Waals surface area contributed by atoms with Gasteiger partial charge in [-0.25, -0.2) is 17.9 Å². The molecule has 10 nitrogen and oxygen atoms in total. The van der Waals surface area contributed by atoms with Crippen LogP contribution in [0.1, 0.15) is 56.1 Å². The first kappa shape index (κ1) is 33.4. The smallest absolute Gasteiger partial charge is 0.319 e. The molecule has 2 aromatic carbocycles. The third-order valence-corrected chi connectivity index (χ3v) is 11.4. The number of carbonyl (C=O) groups is 1. The fourth-order valence-corrected chi connectivity index (χ4v) is 8.61. The third kappa shape index (κ3) is 5.56. The van der Waals surface area contributed by atoms with Crippen LogP contribution in [0.15, 0.2) is 42.7 Å². The lowest BCUT2D eigenvalue weighted by Crippen LogP contribution is -2.43. The summed E-state index contributed by atoms with van der Waals surface area (Å²) in [6.07, 6.45) is 4.55. The molecule has 266 valence electrons. The molecule has 0 amide bonds. The summed E-state index contributed by atoms with van der Waals surface area (Å²) in [5, 5.41) is 19.5. The summed E-state index contributed by atoms with van der Waals surface area (Å²) in [6, 6.07) is 7.47. The van der Waals surface area contributed by atoms with Crippen LogP contribution in [0.3, 0.4) is 0 Å². The van der Waals surface area contributed by atoms with Gasteiger partial charge in [-0.3, -0.25) is 14.7 Å². The van der Waals surface area contributed by atoms with Gasteiger partial charge in [0.2, 0.25) is 0 Å². The van der Waals surface area contributed by atoms with Crippen molar-refractivity contribution in [3.05, 3.63) is 65.6 Å². The maximum atomic E-state index is 16.9. The molecule has 3 aliphatic rings. The van der Waals surface area contributed by atoms with Crippen LogP contribution < -0.4 is 10.1 Å². The Balaban J connectivity index is 1.19. The molecule has 0 spiro atoms. The quantitative estimate of drug-likeness (QED) is 0.170. The molecule has 1 aliphatic carbocycles. The van der Waals surface area contributed by atoms with Crippen LogP contribution in [-0.4, -0.2) is 78.6 Å². The molecule has 2 saturated heterocycles. The molecule has 1 saturated carbocycles. The van der Waals surface area contributed by atoms with Gasteiger partial charge in [0.15, 0.2) is 5.82 Å². The molecule has 5 aromatic rings. The molecule has 3 aromatic heterocycles. The number of nitrogens with zero attached hydrogens (tertiary/aromatic N) is 6. The number of ether oxygens (including phenoxy) is 1. The Morgan fingerprint density at radius 1 is 1.18 bits per heavy atom. The number of pyridine rings is 1. The molecule has 8 rings (SSSR count). The molecule has 0 unspecified atom stereocenters. The SMILES string of the molecule is CCc1c(F)ccc2cc(O)cc(-c3ncc4c(NC[C@@H]5[C@H](C(=O)n6ccc(C)n6)C5(C)C)nc(OC[C@@]56CCCN5C[C@H](F)C6)nc4c3F)c12. The van der Waals surface area contributed by atoms with Crippen molar-refractivity contribution in [3.8, 4) is 23.0 Å². The normalized spacial score (nSPS) is 23.9. The Kier molecular flexibility index (Phi) is 7.97. The Morgan fingerprint density at radius 3 is 2.76 bits per heavy atom. The number of hydrogen-bond donors (Lipinski definition) is 2. The highest BCUT2D eigenvalue weighted by Crippen LogP contribution is 2.58. The minimum atomic E-state index is -0.951. The Bertz CT molecular complexity index is 2210. The van der Waals surface area contributed by atoms with Crippen molar-refractivity contribution in [3.63, 3.8) is 0 Å². The number of phenolic OH excluding ortho intramolecular Hbond substituents is 1. The average Bonchev–Trinajstić information content (AvgIpc) is 3.49. The number of phenols is 1. The van der Waals surface area contributed by atoms with E-state index in [4.69, 9.17) is 4.74 Å². The highest BCUT2D eigenvalue weighted by Gasteiger charge is 2.62. The molecule has 5 heterocycles. The molecule has 0 radical (unpaired) electrons. The number of nitrogens with one attached hydrogen (secondary N) is 1. The summed E-state index contributed by atoms with van der Waals surface area (Å²) in [5.74, 6) is -1.55. The lowest BCUT2D eigenvalue weighted by molar-refractivity contribution is 0.0850. The number of aromatic nitrogens is 5. The zero-order chi connectivity index (χ0) is 35.8. The standard InChI is InChI=1S/C38H40F3N7O3/c1-5-24-28(40)8-7-21-13-23(49)14-25(29(21)24)32-31(41)33-26(16-42-32)34(43-17-27-30(37(27,3)4)35(50)48-12-9-20(2)46-48)45-36(44-33)51-19-38-10-6-11-47(38)18-22(39)15-38/h7-9,12-14,16,22,27,30,49H,5-6,10-11,15,17-19H2,1-4H3,(H,43,44,45)/t22-,27-,30-,38+/m1/s1. The second-order valence-corrected chi connectivity index (χ2v) is 14.9. The fourth-order valence-electron chi connectivity index (χ4n) is 8.61. The molecular weight excluding hydrogens is 659 g/mol. The molecular formula is C38H40F3N7O3. The van der Waals surface area contributed by atoms with Crippen molar-refractivity contribution >= 4 is 33.4 Å². The van der Waals surface area contributed by atoms with Gasteiger partial charge in [0, 0.05) is 37.5 Å². The number of halogens is 3. The van der Waals surface area contributed by atoms with Crippen molar-refractivity contribution in [2.24, 2.45) is 17.3 Å². The average molecular weight is 700 g/mol. The van der Waals surface area contributed by atoms with E-state index in [2.05, 4.69) is 30.3 Å². The van der Waals surface area contributed by atoms with Gasteiger partial charge in [0.05, 0.1) is 22.5 Å². The van der Waals surface area contributed by atoms with Crippen LogP contribution in [-0.2, 0) is 6.42 Å². The molecule has 13 heteroatoms. The van der Waals surface area contributed by atoms with E-state index in [-0.39, 0.29) is 69.5 Å². The minimum absolute atomic E-state index is 0.0760. The first-order valence-corrected chi connectivity index (χ1v) is 17.5. The third-order valence-electron chi connectivity index (χ3n) is 11.4. The molecule has 0 bridgehead atoms. The van der Waals surface area contributed by atoms with Crippen molar-refractivity contribution in [1.82, 2.24) is 29.6 Å². The first-order chi connectivity index (χ1) is 24.4. The van der Waals surface area contributed by atoms with E-state index < -0.39 is 23.3 Å². The minimum Gasteiger partial charge on any atom is -0.508 e. The molecule has 4 atom stereocenters. The van der Waals surface area contributed by atoms with E-state index in [1.807, 2.05) is 27.7 Å². The molecule has 51 heavy (non-hydrogen) atoms. The predicted molar refractivity (Wildman–Crippen MR) is 187 cm³/mol. The lowest BCUT2D eigenvalue weighted by Gasteiger charge is -2.30. The van der Waals surface area contributed by atoms with Crippen molar-refractivity contribution in [2.45, 2.75) is 65.1 Å². The Morgan fingerprint density at radius 2 is 2.00 bits per heavy atom. The van der Waals surface area contributed by atoms with Gasteiger partial charge in [0.1, 0.15) is 41.4 Å². The van der Waals surface area contributed by atoms with Crippen LogP contribution in [0.4, 0.5) is 19.0 Å². The summed E-state index contributed by atoms with van der Waals surface area (Å²) in [4.78, 5) is 29.1. The van der Waals surface area contributed by atoms with E-state index in [1.165, 1.54) is 29.1 Å². The molecule has 2 aliphatic heterocycles. The highest BCUT2D eigenvalue weighted by molar-refractivity contribution is 6.01. The number of carbonyl (C=O) groups excluding carboxylic acids is 1. The van der Waals surface area contributed by atoms with Crippen LogP contribution in [0.2, 0.25) is 0 Å². The number of aryl methyl sites for hydroxylation is 2. The van der Waals surface area contributed by atoms with Crippen LogP contribution in [0.25, 0.3) is 32.9 Å². The van der Waals surface area contributed by atoms with Gasteiger partial charge in [0.25, 0.3) is 5.91 Å². The number of fused-ring (bicyclic) bond motifs is 3. The predicted octanol–water partition coefficient (Wildman–Crippen LogP) is 6.88. The zero-order valence-corrected chi connectivity index (χ0v) is 29.0. The summed E-state index contributed by atoms with van der Waals surface area (Å²) in [5.41, 5.74) is 0.351. The number of aromatic hydroxyl groups is 1.